The topological polar surface area (TPSA) is 94.6 Å². The van der Waals surface area contributed by atoms with Gasteiger partial charge in [0.2, 0.25) is 11.9 Å². The highest BCUT2D eigenvalue weighted by Crippen LogP contribution is 2.38. The zero-order valence-electron chi connectivity index (χ0n) is 20.3. The van der Waals surface area contributed by atoms with E-state index in [-0.39, 0.29) is 11.7 Å². The van der Waals surface area contributed by atoms with Crippen molar-refractivity contribution in [3.05, 3.63) is 67.1 Å². The molecule has 9 nitrogen and oxygen atoms in total. The third-order valence-electron chi connectivity index (χ3n) is 5.05. The number of aromatic nitrogens is 2. The summed E-state index contributed by atoms with van der Waals surface area (Å²) < 4.78 is 19.1. The number of nitrogens with zero attached hydrogens (tertiary/aromatic N) is 4. The van der Waals surface area contributed by atoms with Crippen molar-refractivity contribution in [2.24, 2.45) is 0 Å². The maximum Gasteiger partial charge on any atom is 0.247 e. The number of halogens is 1. The second-order valence-corrected chi connectivity index (χ2v) is 8.01. The second kappa shape index (κ2) is 11.8. The van der Waals surface area contributed by atoms with Crippen LogP contribution in [0.25, 0.3) is 0 Å². The van der Waals surface area contributed by atoms with Gasteiger partial charge in [-0.05, 0) is 50.5 Å². The Hall–Kier alpha value is -4.18. The molecular formula is C25H30FN7O2. The molecule has 184 valence electrons. The van der Waals surface area contributed by atoms with Crippen LogP contribution in [0.15, 0.2) is 61.3 Å². The molecule has 3 aromatic rings. The maximum atomic E-state index is 13.5. The van der Waals surface area contributed by atoms with Crippen LogP contribution in [0.2, 0.25) is 0 Å². The number of carbonyl (C=O) groups is 1. The average Bonchev–Trinajstić information content (AvgIpc) is 2.83. The molecule has 0 aliphatic rings. The van der Waals surface area contributed by atoms with E-state index in [1.54, 1.807) is 37.6 Å². The lowest BCUT2D eigenvalue weighted by Gasteiger charge is -2.26. The summed E-state index contributed by atoms with van der Waals surface area (Å²) in [5.41, 5.74) is 2.48. The van der Waals surface area contributed by atoms with E-state index >= 15 is 0 Å². The molecule has 0 unspecified atom stereocenters. The Morgan fingerprint density at radius 3 is 2.60 bits per heavy atom. The van der Waals surface area contributed by atoms with E-state index < -0.39 is 0 Å². The molecular weight excluding hydrogens is 449 g/mol. The van der Waals surface area contributed by atoms with Crippen molar-refractivity contribution in [1.82, 2.24) is 14.9 Å². The Morgan fingerprint density at radius 2 is 1.91 bits per heavy atom. The molecule has 1 amide bonds. The minimum Gasteiger partial charge on any atom is -0.494 e. The summed E-state index contributed by atoms with van der Waals surface area (Å²) in [5.74, 6) is 0.630. The van der Waals surface area contributed by atoms with E-state index in [0.717, 1.165) is 18.8 Å². The van der Waals surface area contributed by atoms with Gasteiger partial charge >= 0.3 is 0 Å². The summed E-state index contributed by atoms with van der Waals surface area (Å²) >= 11 is 0. The van der Waals surface area contributed by atoms with E-state index in [1.165, 1.54) is 18.2 Å². The van der Waals surface area contributed by atoms with E-state index in [9.17, 15) is 9.18 Å². The molecule has 10 heteroatoms. The molecule has 0 radical (unpaired) electrons. The lowest BCUT2D eigenvalue weighted by molar-refractivity contribution is -0.111. The van der Waals surface area contributed by atoms with Gasteiger partial charge in [-0.15, -0.1) is 0 Å². The molecule has 0 atom stereocenters. The van der Waals surface area contributed by atoms with Crippen molar-refractivity contribution >= 4 is 40.4 Å². The monoisotopic (exact) mass is 479 g/mol. The predicted molar refractivity (Wildman–Crippen MR) is 139 cm³/mol. The summed E-state index contributed by atoms with van der Waals surface area (Å²) in [5, 5.41) is 9.05. The second-order valence-electron chi connectivity index (χ2n) is 8.01. The number of hydrogen-bond acceptors (Lipinski definition) is 8. The summed E-state index contributed by atoms with van der Waals surface area (Å²) in [6, 6.07) is 11.4. The molecule has 3 rings (SSSR count). The van der Waals surface area contributed by atoms with Crippen LogP contribution in [0.5, 0.6) is 5.75 Å². The Kier molecular flexibility index (Phi) is 8.58. The van der Waals surface area contributed by atoms with Crippen LogP contribution in [0, 0.1) is 5.82 Å². The lowest BCUT2D eigenvalue weighted by Crippen LogP contribution is -2.29. The van der Waals surface area contributed by atoms with Gasteiger partial charge in [0, 0.05) is 38.1 Å². The molecule has 0 saturated heterocycles. The largest absolute Gasteiger partial charge is 0.494 e. The van der Waals surface area contributed by atoms with Gasteiger partial charge < -0.3 is 30.5 Å². The minimum absolute atomic E-state index is 0.291. The van der Waals surface area contributed by atoms with Crippen LogP contribution in [0.4, 0.5) is 38.9 Å². The van der Waals surface area contributed by atoms with Crippen molar-refractivity contribution in [3.8, 4) is 5.75 Å². The molecule has 0 aliphatic carbocycles. The number of hydrogen-bond donors (Lipinski definition) is 3. The summed E-state index contributed by atoms with van der Waals surface area (Å²) in [6.45, 7) is 5.10. The van der Waals surface area contributed by atoms with Crippen LogP contribution in [0.3, 0.4) is 0 Å². The van der Waals surface area contributed by atoms with Crippen LogP contribution in [-0.2, 0) is 4.79 Å². The fourth-order valence-electron chi connectivity index (χ4n) is 3.23. The number of nitrogens with one attached hydrogen (secondary N) is 3. The first-order chi connectivity index (χ1) is 16.8. The summed E-state index contributed by atoms with van der Waals surface area (Å²) in [7, 11) is 7.51. The Balaban J connectivity index is 1.91. The standard InChI is InChI=1S/C25H30FN7O2/c1-6-24(34)29-19-15-20(22(35-5)16-21(19)33(4)13-12-32(2)3)30-25-27-11-10-23(31-25)28-18-9-7-8-17(26)14-18/h6-11,14-16H,1,12-13H2,2-5H3,(H,29,34)(H2,27,28,30,31). The smallest absolute Gasteiger partial charge is 0.247 e. The van der Waals surface area contributed by atoms with E-state index in [0.29, 0.717) is 34.6 Å². The van der Waals surface area contributed by atoms with Crippen LogP contribution >= 0.6 is 0 Å². The van der Waals surface area contributed by atoms with Crippen LogP contribution in [-0.4, -0.2) is 62.1 Å². The Labute approximate surface area is 204 Å². The van der Waals surface area contributed by atoms with Gasteiger partial charge in [0.15, 0.2) is 0 Å². The van der Waals surface area contributed by atoms with Gasteiger partial charge in [-0.2, -0.15) is 4.98 Å². The minimum atomic E-state index is -0.350. The Bertz CT molecular complexity index is 1190. The summed E-state index contributed by atoms with van der Waals surface area (Å²) in [6.07, 6.45) is 2.79. The van der Waals surface area contributed by atoms with Crippen molar-refractivity contribution in [1.29, 1.82) is 0 Å². The van der Waals surface area contributed by atoms with Gasteiger partial charge in [0.05, 0.1) is 24.2 Å². The number of anilines is 6. The average molecular weight is 480 g/mol. The van der Waals surface area contributed by atoms with Crippen LogP contribution < -0.4 is 25.6 Å². The first-order valence-electron chi connectivity index (χ1n) is 10.9. The zero-order valence-corrected chi connectivity index (χ0v) is 20.3. The van der Waals surface area contributed by atoms with Crippen molar-refractivity contribution in [3.63, 3.8) is 0 Å². The van der Waals surface area contributed by atoms with Gasteiger partial charge in [0.25, 0.3) is 0 Å². The molecule has 0 bridgehead atoms. The summed E-state index contributed by atoms with van der Waals surface area (Å²) in [4.78, 5) is 25.0. The van der Waals surface area contributed by atoms with Crippen molar-refractivity contribution in [2.75, 3.05) is 62.2 Å². The zero-order chi connectivity index (χ0) is 25.4. The molecule has 1 aromatic heterocycles. The van der Waals surface area contributed by atoms with E-state index in [2.05, 4.69) is 37.4 Å². The van der Waals surface area contributed by atoms with Crippen molar-refractivity contribution in [2.45, 2.75) is 0 Å². The number of benzene rings is 2. The molecule has 35 heavy (non-hydrogen) atoms. The number of carbonyl (C=O) groups excluding carboxylic acids is 1. The predicted octanol–water partition coefficient (Wildman–Crippen LogP) is 4.23. The third kappa shape index (κ3) is 7.15. The number of ether oxygens (including phenoxy) is 1. The highest BCUT2D eigenvalue weighted by Gasteiger charge is 2.16. The first kappa shape index (κ1) is 25.4. The molecule has 0 fully saturated rings. The number of amides is 1. The molecule has 2 aromatic carbocycles. The van der Waals surface area contributed by atoms with Gasteiger partial charge in [-0.3, -0.25) is 4.79 Å². The number of likely N-dealkylation sites (N-methyl/N-ethyl adjacent to an activating group) is 2. The highest BCUT2D eigenvalue weighted by molar-refractivity contribution is 6.02. The number of methoxy groups -OCH3 is 1. The highest BCUT2D eigenvalue weighted by atomic mass is 19.1. The molecule has 0 saturated carbocycles. The first-order valence-corrected chi connectivity index (χ1v) is 10.9. The lowest BCUT2D eigenvalue weighted by atomic mass is 10.2. The maximum absolute atomic E-state index is 13.5. The van der Waals surface area contributed by atoms with E-state index in [4.69, 9.17) is 4.74 Å². The molecule has 0 spiro atoms. The van der Waals surface area contributed by atoms with Gasteiger partial charge in [-0.1, -0.05) is 12.6 Å². The van der Waals surface area contributed by atoms with Gasteiger partial charge in [0.1, 0.15) is 17.4 Å². The third-order valence-corrected chi connectivity index (χ3v) is 5.05. The molecule has 0 aliphatic heterocycles. The van der Waals surface area contributed by atoms with E-state index in [1.807, 2.05) is 32.1 Å². The van der Waals surface area contributed by atoms with Crippen molar-refractivity contribution < 1.29 is 13.9 Å². The van der Waals surface area contributed by atoms with Gasteiger partial charge in [-0.25, -0.2) is 9.37 Å². The van der Waals surface area contributed by atoms with Crippen LogP contribution in [0.1, 0.15) is 0 Å². The Morgan fingerprint density at radius 1 is 1.11 bits per heavy atom. The fraction of sp³-hybridized carbons (Fsp3) is 0.240. The number of rotatable bonds is 11. The normalized spacial score (nSPS) is 10.6. The quantitative estimate of drug-likeness (QED) is 0.352. The molecule has 1 heterocycles. The molecule has 3 N–H and O–H groups in total. The fourth-order valence-corrected chi connectivity index (χ4v) is 3.23. The SMILES string of the molecule is C=CC(=O)Nc1cc(Nc2nccc(Nc3cccc(F)c3)n2)c(OC)cc1N(C)CCN(C)C.